The lowest BCUT2D eigenvalue weighted by Gasteiger charge is -1.80. The minimum absolute atomic E-state index is 0.296. The van der Waals surface area contributed by atoms with E-state index in [9.17, 15) is 4.79 Å². The normalized spacial score (nSPS) is 13.4. The summed E-state index contributed by atoms with van der Waals surface area (Å²) < 4.78 is 4.40. The van der Waals surface area contributed by atoms with Crippen LogP contribution in [0.3, 0.4) is 0 Å². The van der Waals surface area contributed by atoms with Gasteiger partial charge in [0.05, 0.1) is 6.54 Å². The Balaban J connectivity index is 0. The van der Waals surface area contributed by atoms with E-state index in [1.807, 2.05) is 45.1 Å². The molecule has 0 unspecified atom stereocenters. The first-order valence-corrected chi connectivity index (χ1v) is 5.12. The summed E-state index contributed by atoms with van der Waals surface area (Å²) in [5.74, 6) is 0. The van der Waals surface area contributed by atoms with Gasteiger partial charge in [-0.3, -0.25) is 0 Å². The number of rotatable bonds is 2. The lowest BCUT2D eigenvalue weighted by molar-refractivity contribution is 0.178. The van der Waals surface area contributed by atoms with Crippen molar-refractivity contribution in [3.8, 4) is 0 Å². The molecule has 0 aromatic heterocycles. The third kappa shape index (κ3) is 15.3. The summed E-state index contributed by atoms with van der Waals surface area (Å²) >= 11 is 0. The second-order valence-corrected chi connectivity index (χ2v) is 2.21. The highest BCUT2D eigenvalue weighted by molar-refractivity contribution is 5.68. The zero-order valence-electron chi connectivity index (χ0n) is 9.82. The number of allylic oxidation sites excluding steroid dienone is 5. The molecule has 0 bridgehead atoms. The minimum Gasteiger partial charge on any atom is -0.448 e. The molecule has 1 amide bonds. The lowest BCUT2D eigenvalue weighted by atomic mass is 10.4. The Kier molecular flexibility index (Phi) is 15.9. The van der Waals surface area contributed by atoms with E-state index in [0.29, 0.717) is 13.2 Å². The van der Waals surface area contributed by atoms with Gasteiger partial charge in [-0.1, -0.05) is 50.8 Å². The largest absolute Gasteiger partial charge is 0.448 e. The average Bonchev–Trinajstić information content (AvgIpc) is 2.74. The van der Waals surface area contributed by atoms with Crippen molar-refractivity contribution in [1.82, 2.24) is 5.32 Å². The highest BCUT2D eigenvalue weighted by atomic mass is 16.6. The predicted octanol–water partition coefficient (Wildman–Crippen LogP) is 3.06. The van der Waals surface area contributed by atoms with Crippen molar-refractivity contribution >= 4 is 6.09 Å². The van der Waals surface area contributed by atoms with Crippen LogP contribution in [0.1, 0.15) is 20.8 Å². The Morgan fingerprint density at radius 3 is 2.27 bits per heavy atom. The van der Waals surface area contributed by atoms with Crippen molar-refractivity contribution in [2.45, 2.75) is 20.8 Å². The molecule has 0 aliphatic carbocycles. The first-order valence-electron chi connectivity index (χ1n) is 5.12. The first-order chi connectivity index (χ1) is 7.31. The third-order valence-electron chi connectivity index (χ3n) is 1.16. The molecular weight excluding hydrogens is 190 g/mol. The van der Waals surface area contributed by atoms with Gasteiger partial charge < -0.3 is 10.1 Å². The lowest BCUT2D eigenvalue weighted by Crippen LogP contribution is -2.11. The van der Waals surface area contributed by atoms with E-state index in [4.69, 9.17) is 0 Å². The average molecular weight is 211 g/mol. The van der Waals surface area contributed by atoms with Crippen molar-refractivity contribution in [1.29, 1.82) is 0 Å². The molecule has 0 atom stereocenters. The van der Waals surface area contributed by atoms with Gasteiger partial charge in [0.25, 0.3) is 0 Å². The second-order valence-electron chi connectivity index (χ2n) is 2.21. The van der Waals surface area contributed by atoms with Crippen LogP contribution >= 0.6 is 0 Å². The Hall–Kier alpha value is -1.51. The van der Waals surface area contributed by atoms with Crippen LogP contribution < -0.4 is 5.32 Å². The number of carbonyl (C=O) groups excluding carboxylic acids is 1. The fourth-order valence-electron chi connectivity index (χ4n) is 0.602. The van der Waals surface area contributed by atoms with Gasteiger partial charge in [0.1, 0.15) is 6.61 Å². The standard InChI is InChI=1S/C7H10.C3H5NO2.C2H6/c1-3-5-7-6-4-2;5-3-4-1-2-6-3;1-2/h3-7H,1H2,2H3;1-2H2,(H,4,5);1-2H3/b6-4-,7-5-;;. The van der Waals surface area contributed by atoms with Crippen LogP contribution in [0.4, 0.5) is 4.79 Å². The molecule has 86 valence electrons. The molecule has 1 aliphatic rings. The number of carbonyl (C=O) groups is 1. The molecule has 0 saturated carbocycles. The molecule has 1 aliphatic heterocycles. The molecule has 0 aromatic rings. The third-order valence-corrected chi connectivity index (χ3v) is 1.16. The highest BCUT2D eigenvalue weighted by Gasteiger charge is 2.06. The van der Waals surface area contributed by atoms with Gasteiger partial charge in [-0.25, -0.2) is 4.79 Å². The SMILES string of the molecule is C=C/C=C\C=C/C.CC.O=C1NCCO1. The van der Waals surface area contributed by atoms with Gasteiger partial charge >= 0.3 is 6.09 Å². The Labute approximate surface area is 92.5 Å². The highest BCUT2D eigenvalue weighted by Crippen LogP contribution is 1.82. The van der Waals surface area contributed by atoms with Crippen LogP contribution in [0.15, 0.2) is 37.0 Å². The van der Waals surface area contributed by atoms with E-state index < -0.39 is 0 Å². The van der Waals surface area contributed by atoms with Gasteiger partial charge in [0.2, 0.25) is 0 Å². The van der Waals surface area contributed by atoms with E-state index in [2.05, 4.69) is 16.6 Å². The van der Waals surface area contributed by atoms with Gasteiger partial charge in [0.15, 0.2) is 0 Å². The molecule has 1 saturated heterocycles. The summed E-state index contributed by atoms with van der Waals surface area (Å²) in [5, 5.41) is 2.46. The van der Waals surface area contributed by atoms with Gasteiger partial charge in [0, 0.05) is 0 Å². The zero-order valence-corrected chi connectivity index (χ0v) is 9.82. The fourth-order valence-corrected chi connectivity index (χ4v) is 0.602. The van der Waals surface area contributed by atoms with Crippen LogP contribution in [0.2, 0.25) is 0 Å². The van der Waals surface area contributed by atoms with Crippen LogP contribution in [-0.4, -0.2) is 19.2 Å². The molecular formula is C12H21NO2. The molecule has 3 heteroatoms. The molecule has 0 radical (unpaired) electrons. The maximum atomic E-state index is 9.91. The summed E-state index contributed by atoms with van der Waals surface area (Å²) in [6, 6.07) is 0. The van der Waals surface area contributed by atoms with Crippen molar-refractivity contribution in [2.24, 2.45) is 0 Å². The van der Waals surface area contributed by atoms with Gasteiger partial charge in [-0.15, -0.1) is 0 Å². The topological polar surface area (TPSA) is 38.3 Å². The van der Waals surface area contributed by atoms with Crippen molar-refractivity contribution in [3.63, 3.8) is 0 Å². The monoisotopic (exact) mass is 211 g/mol. The van der Waals surface area contributed by atoms with Crippen LogP contribution in [-0.2, 0) is 4.74 Å². The number of cyclic esters (lactones) is 1. The second kappa shape index (κ2) is 15.0. The molecule has 15 heavy (non-hydrogen) atoms. The minimum atomic E-state index is -0.296. The quantitative estimate of drug-likeness (QED) is 0.713. The molecule has 1 heterocycles. The summed E-state index contributed by atoms with van der Waals surface area (Å²) in [6.45, 7) is 10.7. The number of ether oxygens (including phenoxy) is 1. The molecule has 1 N–H and O–H groups in total. The van der Waals surface area contributed by atoms with E-state index in [-0.39, 0.29) is 6.09 Å². The molecule has 0 spiro atoms. The number of alkyl carbamates (subject to hydrolysis) is 1. The molecule has 0 aromatic carbocycles. The first kappa shape index (κ1) is 15.9. The van der Waals surface area contributed by atoms with Crippen molar-refractivity contribution in [3.05, 3.63) is 37.0 Å². The Morgan fingerprint density at radius 1 is 1.33 bits per heavy atom. The predicted molar refractivity (Wildman–Crippen MR) is 64.8 cm³/mol. The van der Waals surface area contributed by atoms with E-state index in [1.165, 1.54) is 0 Å². The van der Waals surface area contributed by atoms with Crippen LogP contribution in [0.5, 0.6) is 0 Å². The summed E-state index contributed by atoms with van der Waals surface area (Å²) in [7, 11) is 0. The Bertz CT molecular complexity index is 200. The summed E-state index contributed by atoms with van der Waals surface area (Å²) in [5.41, 5.74) is 0. The van der Waals surface area contributed by atoms with Gasteiger partial charge in [-0.05, 0) is 6.92 Å². The van der Waals surface area contributed by atoms with Crippen LogP contribution in [0.25, 0.3) is 0 Å². The Morgan fingerprint density at radius 2 is 2.00 bits per heavy atom. The van der Waals surface area contributed by atoms with Crippen molar-refractivity contribution in [2.75, 3.05) is 13.2 Å². The molecule has 1 fully saturated rings. The molecule has 1 rings (SSSR count). The number of hydrogen-bond acceptors (Lipinski definition) is 2. The maximum absolute atomic E-state index is 9.91. The van der Waals surface area contributed by atoms with Crippen molar-refractivity contribution < 1.29 is 9.53 Å². The summed E-state index contributed by atoms with van der Waals surface area (Å²) in [6.07, 6.45) is 9.21. The van der Waals surface area contributed by atoms with E-state index >= 15 is 0 Å². The fraction of sp³-hybridized carbons (Fsp3) is 0.417. The summed E-state index contributed by atoms with van der Waals surface area (Å²) in [4.78, 5) is 9.91. The maximum Gasteiger partial charge on any atom is 0.407 e. The number of hydrogen-bond donors (Lipinski definition) is 1. The van der Waals surface area contributed by atoms with E-state index in [0.717, 1.165) is 0 Å². The van der Waals surface area contributed by atoms with Gasteiger partial charge in [-0.2, -0.15) is 0 Å². The smallest absolute Gasteiger partial charge is 0.407 e. The number of amides is 1. The van der Waals surface area contributed by atoms with E-state index in [1.54, 1.807) is 6.08 Å². The zero-order chi connectivity index (χ0) is 11.9. The van der Waals surface area contributed by atoms with Crippen LogP contribution in [0, 0.1) is 0 Å². The molecule has 3 nitrogen and oxygen atoms in total. The number of nitrogens with one attached hydrogen (secondary N) is 1.